The molecule has 0 unspecified atom stereocenters. The van der Waals surface area contributed by atoms with Crippen LogP contribution in [0.5, 0.6) is 5.75 Å². The van der Waals surface area contributed by atoms with Gasteiger partial charge in [0.05, 0.1) is 6.04 Å². The summed E-state index contributed by atoms with van der Waals surface area (Å²) in [6.07, 6.45) is 0.673. The lowest BCUT2D eigenvalue weighted by atomic mass is 9.90. The molecule has 0 saturated heterocycles. The maximum Gasteiger partial charge on any atom is 0.171 e. The second kappa shape index (κ2) is 6.57. The minimum absolute atomic E-state index is 0.133. The molecule has 0 aromatic heterocycles. The van der Waals surface area contributed by atoms with E-state index in [1.165, 1.54) is 12.1 Å². The highest BCUT2D eigenvalue weighted by atomic mass is 35.5. The van der Waals surface area contributed by atoms with E-state index in [0.717, 1.165) is 11.3 Å². The molecule has 1 aliphatic rings. The molecule has 2 N–H and O–H groups in total. The predicted molar refractivity (Wildman–Crippen MR) is 99.3 cm³/mol. The van der Waals surface area contributed by atoms with Crippen molar-refractivity contribution in [3.63, 3.8) is 0 Å². The van der Waals surface area contributed by atoms with Gasteiger partial charge in [0.15, 0.2) is 5.11 Å². The smallest absolute Gasteiger partial charge is 0.171 e. The quantitative estimate of drug-likeness (QED) is 0.729. The normalized spacial score (nSPS) is 18.2. The van der Waals surface area contributed by atoms with E-state index in [1.54, 1.807) is 18.2 Å². The van der Waals surface area contributed by atoms with Gasteiger partial charge in [0, 0.05) is 22.7 Å². The maximum atomic E-state index is 13.6. The lowest BCUT2D eigenvalue weighted by Crippen LogP contribution is -2.42. The SMILES string of the molecule is CC1(C)C[C@@H](NC(=S)Nc2ccc(Cl)cc2)c2cc(F)ccc2O1. The molecule has 1 atom stereocenters. The van der Waals surface area contributed by atoms with E-state index < -0.39 is 0 Å². The molecule has 0 saturated carbocycles. The number of benzene rings is 2. The van der Waals surface area contributed by atoms with Crippen LogP contribution in [0.2, 0.25) is 5.02 Å². The molecule has 1 aliphatic heterocycles. The number of anilines is 1. The Morgan fingerprint density at radius 3 is 2.67 bits per heavy atom. The molecular weight excluding hydrogens is 347 g/mol. The van der Waals surface area contributed by atoms with Crippen molar-refractivity contribution in [2.24, 2.45) is 0 Å². The van der Waals surface area contributed by atoms with E-state index >= 15 is 0 Å². The van der Waals surface area contributed by atoms with E-state index in [9.17, 15) is 4.39 Å². The van der Waals surface area contributed by atoms with Crippen LogP contribution >= 0.6 is 23.8 Å². The fourth-order valence-electron chi connectivity index (χ4n) is 2.81. The summed E-state index contributed by atoms with van der Waals surface area (Å²) in [7, 11) is 0. The summed E-state index contributed by atoms with van der Waals surface area (Å²) >= 11 is 11.3. The molecule has 2 aromatic rings. The fourth-order valence-corrected chi connectivity index (χ4v) is 3.20. The van der Waals surface area contributed by atoms with Crippen LogP contribution in [0.25, 0.3) is 0 Å². The minimum Gasteiger partial charge on any atom is -0.487 e. The van der Waals surface area contributed by atoms with Gasteiger partial charge in [-0.2, -0.15) is 0 Å². The Morgan fingerprint density at radius 1 is 1.25 bits per heavy atom. The first kappa shape index (κ1) is 17.0. The molecule has 0 aliphatic carbocycles. The summed E-state index contributed by atoms with van der Waals surface area (Å²) < 4.78 is 19.6. The van der Waals surface area contributed by atoms with E-state index in [2.05, 4.69) is 10.6 Å². The van der Waals surface area contributed by atoms with Crippen molar-refractivity contribution in [1.82, 2.24) is 5.32 Å². The van der Waals surface area contributed by atoms with Crippen LogP contribution in [-0.4, -0.2) is 10.7 Å². The van der Waals surface area contributed by atoms with Crippen LogP contribution in [0, 0.1) is 5.82 Å². The largest absolute Gasteiger partial charge is 0.487 e. The average molecular weight is 365 g/mol. The van der Waals surface area contributed by atoms with Gasteiger partial charge in [-0.25, -0.2) is 4.39 Å². The molecule has 3 nitrogen and oxygen atoms in total. The monoisotopic (exact) mass is 364 g/mol. The fraction of sp³-hybridized carbons (Fsp3) is 0.278. The Labute approximate surface area is 151 Å². The van der Waals surface area contributed by atoms with Crippen molar-refractivity contribution in [3.8, 4) is 5.75 Å². The number of fused-ring (bicyclic) bond motifs is 1. The Balaban J connectivity index is 1.77. The first-order chi connectivity index (χ1) is 11.3. The number of thiocarbonyl (C=S) groups is 1. The first-order valence-corrected chi connectivity index (χ1v) is 8.43. The van der Waals surface area contributed by atoms with Crippen LogP contribution in [0.1, 0.15) is 31.9 Å². The summed E-state index contributed by atoms with van der Waals surface area (Å²) in [5.41, 5.74) is 1.25. The van der Waals surface area contributed by atoms with Crippen molar-refractivity contribution < 1.29 is 9.13 Å². The van der Waals surface area contributed by atoms with Crippen molar-refractivity contribution in [2.75, 3.05) is 5.32 Å². The lowest BCUT2D eigenvalue weighted by molar-refractivity contribution is 0.0694. The zero-order valence-electron chi connectivity index (χ0n) is 13.4. The summed E-state index contributed by atoms with van der Waals surface area (Å²) in [6, 6.07) is 11.7. The third kappa shape index (κ3) is 3.97. The molecule has 126 valence electrons. The molecule has 0 radical (unpaired) electrons. The lowest BCUT2D eigenvalue weighted by Gasteiger charge is -2.38. The standard InChI is InChI=1S/C18H18ClFN2OS/c1-18(2)10-15(14-9-12(20)5-8-16(14)23-18)22-17(24)21-13-6-3-11(19)4-7-13/h3-9,15H,10H2,1-2H3,(H2,21,22,24)/t15-/m1/s1. The number of ether oxygens (including phenoxy) is 1. The molecular formula is C18H18ClFN2OS. The molecule has 0 amide bonds. The number of nitrogens with one attached hydrogen (secondary N) is 2. The van der Waals surface area contributed by atoms with Gasteiger partial charge in [-0.3, -0.25) is 0 Å². The molecule has 0 fully saturated rings. The zero-order valence-corrected chi connectivity index (χ0v) is 15.0. The van der Waals surface area contributed by atoms with Crippen molar-refractivity contribution in [3.05, 3.63) is 58.9 Å². The van der Waals surface area contributed by atoms with Crippen LogP contribution in [0.4, 0.5) is 10.1 Å². The second-order valence-electron chi connectivity index (χ2n) is 6.41. The molecule has 1 heterocycles. The topological polar surface area (TPSA) is 33.3 Å². The molecule has 24 heavy (non-hydrogen) atoms. The van der Waals surface area contributed by atoms with Gasteiger partial charge < -0.3 is 15.4 Å². The average Bonchev–Trinajstić information content (AvgIpc) is 2.49. The Hall–Kier alpha value is -1.85. The van der Waals surface area contributed by atoms with Gasteiger partial charge in [0.2, 0.25) is 0 Å². The van der Waals surface area contributed by atoms with Gasteiger partial charge in [-0.1, -0.05) is 11.6 Å². The zero-order chi connectivity index (χ0) is 17.3. The van der Waals surface area contributed by atoms with Crippen LogP contribution < -0.4 is 15.4 Å². The van der Waals surface area contributed by atoms with E-state index in [1.807, 2.05) is 26.0 Å². The first-order valence-electron chi connectivity index (χ1n) is 7.64. The molecule has 6 heteroatoms. The predicted octanol–water partition coefficient (Wildman–Crippen LogP) is 5.07. The Morgan fingerprint density at radius 2 is 1.96 bits per heavy atom. The van der Waals surface area contributed by atoms with Crippen LogP contribution in [-0.2, 0) is 0 Å². The molecule has 2 aromatic carbocycles. The maximum absolute atomic E-state index is 13.6. The minimum atomic E-state index is -0.363. The molecule has 3 rings (SSSR count). The van der Waals surface area contributed by atoms with Crippen LogP contribution in [0.15, 0.2) is 42.5 Å². The van der Waals surface area contributed by atoms with Crippen molar-refractivity contribution in [1.29, 1.82) is 0 Å². The molecule has 0 spiro atoms. The van der Waals surface area contributed by atoms with E-state index in [0.29, 0.717) is 22.3 Å². The number of rotatable bonds is 2. The van der Waals surface area contributed by atoms with Gasteiger partial charge in [-0.15, -0.1) is 0 Å². The summed E-state index contributed by atoms with van der Waals surface area (Å²) in [6.45, 7) is 4.01. The third-order valence-electron chi connectivity index (χ3n) is 3.84. The van der Waals surface area contributed by atoms with E-state index in [-0.39, 0.29) is 17.5 Å². The van der Waals surface area contributed by atoms with E-state index in [4.69, 9.17) is 28.6 Å². The van der Waals surface area contributed by atoms with Gasteiger partial charge in [-0.05, 0) is 68.5 Å². The summed E-state index contributed by atoms with van der Waals surface area (Å²) in [4.78, 5) is 0. The van der Waals surface area contributed by atoms with Crippen molar-refractivity contribution in [2.45, 2.75) is 31.9 Å². The van der Waals surface area contributed by atoms with Gasteiger partial charge >= 0.3 is 0 Å². The second-order valence-corrected chi connectivity index (χ2v) is 7.25. The Kier molecular flexibility index (Phi) is 4.65. The molecule has 0 bridgehead atoms. The number of hydrogen-bond donors (Lipinski definition) is 2. The van der Waals surface area contributed by atoms with Gasteiger partial charge in [0.25, 0.3) is 0 Å². The number of halogens is 2. The highest BCUT2D eigenvalue weighted by Crippen LogP contribution is 2.39. The highest BCUT2D eigenvalue weighted by molar-refractivity contribution is 7.80. The summed E-state index contributed by atoms with van der Waals surface area (Å²) in [5, 5.41) is 7.51. The summed E-state index contributed by atoms with van der Waals surface area (Å²) in [5.74, 6) is 0.389. The highest BCUT2D eigenvalue weighted by Gasteiger charge is 2.34. The third-order valence-corrected chi connectivity index (χ3v) is 4.31. The number of hydrogen-bond acceptors (Lipinski definition) is 2. The Bertz CT molecular complexity index is 764. The van der Waals surface area contributed by atoms with Crippen LogP contribution in [0.3, 0.4) is 0 Å². The van der Waals surface area contributed by atoms with Crippen molar-refractivity contribution >= 4 is 34.6 Å². The van der Waals surface area contributed by atoms with Gasteiger partial charge in [0.1, 0.15) is 17.2 Å².